The van der Waals surface area contributed by atoms with Gasteiger partial charge in [0.15, 0.2) is 0 Å². The fraction of sp³-hybridized carbons (Fsp3) is 0.350. The Labute approximate surface area is 172 Å². The molecule has 3 N–H and O–H groups in total. The maximum atomic E-state index is 12.8. The van der Waals surface area contributed by atoms with Gasteiger partial charge in [-0.3, -0.25) is 4.79 Å². The molecular weight excluding hydrogens is 398 g/mol. The van der Waals surface area contributed by atoms with Crippen LogP contribution >= 0.6 is 12.4 Å². The summed E-state index contributed by atoms with van der Waals surface area (Å²) in [6.07, 6.45) is 2.10. The van der Waals surface area contributed by atoms with Crippen LogP contribution in [0.5, 0.6) is 0 Å². The highest BCUT2D eigenvalue weighted by molar-refractivity contribution is 7.89. The van der Waals surface area contributed by atoms with Crippen molar-refractivity contribution < 1.29 is 13.2 Å². The number of benzene rings is 2. The Morgan fingerprint density at radius 1 is 1.11 bits per heavy atom. The van der Waals surface area contributed by atoms with E-state index in [-0.39, 0.29) is 35.7 Å². The number of hydrogen-bond acceptors (Lipinski definition) is 4. The van der Waals surface area contributed by atoms with Crippen LogP contribution in [0.15, 0.2) is 59.5 Å². The molecule has 1 fully saturated rings. The number of nitrogens with two attached hydrogens (primary N) is 1. The minimum atomic E-state index is -3.55. The van der Waals surface area contributed by atoms with Gasteiger partial charge in [-0.2, -0.15) is 4.31 Å². The Hall–Kier alpha value is -2.09. The maximum Gasteiger partial charge on any atom is 0.243 e. The van der Waals surface area contributed by atoms with Gasteiger partial charge in [0.2, 0.25) is 15.9 Å². The van der Waals surface area contributed by atoms with Crippen LogP contribution in [0.4, 0.5) is 5.69 Å². The summed E-state index contributed by atoms with van der Waals surface area (Å²) in [4.78, 5) is 12.8. The van der Waals surface area contributed by atoms with Gasteiger partial charge >= 0.3 is 0 Å². The van der Waals surface area contributed by atoms with Crippen LogP contribution in [0.2, 0.25) is 0 Å². The Morgan fingerprint density at radius 2 is 1.79 bits per heavy atom. The number of anilines is 1. The van der Waals surface area contributed by atoms with E-state index in [4.69, 9.17) is 5.73 Å². The second-order valence-corrected chi connectivity index (χ2v) is 8.74. The van der Waals surface area contributed by atoms with E-state index in [2.05, 4.69) is 5.32 Å². The highest BCUT2D eigenvalue weighted by Crippen LogP contribution is 2.23. The highest BCUT2D eigenvalue weighted by atomic mass is 35.5. The van der Waals surface area contributed by atoms with Crippen molar-refractivity contribution in [1.29, 1.82) is 0 Å². The van der Waals surface area contributed by atoms with Crippen molar-refractivity contribution in [2.75, 3.05) is 25.4 Å². The number of hydrogen-bond donors (Lipinski definition) is 2. The lowest BCUT2D eigenvalue weighted by Gasteiger charge is -2.31. The third-order valence-electron chi connectivity index (χ3n) is 4.83. The molecule has 1 atom stereocenters. The number of carbonyl (C=O) groups excluding carboxylic acids is 1. The Kier molecular flexibility index (Phi) is 7.86. The van der Waals surface area contributed by atoms with Crippen molar-refractivity contribution in [3.8, 4) is 0 Å². The quantitative estimate of drug-likeness (QED) is 0.698. The van der Waals surface area contributed by atoms with Crippen molar-refractivity contribution in [3.05, 3.63) is 60.2 Å². The molecule has 0 radical (unpaired) electrons. The SMILES string of the molecule is Cl.Nc1ccc(CCNC(=O)C2CCCN(S(=O)(=O)c3ccccc3)C2)cc1. The lowest BCUT2D eigenvalue weighted by Crippen LogP contribution is -2.45. The molecule has 3 rings (SSSR count). The molecule has 0 aromatic heterocycles. The Morgan fingerprint density at radius 3 is 2.46 bits per heavy atom. The third-order valence-corrected chi connectivity index (χ3v) is 6.71. The minimum Gasteiger partial charge on any atom is -0.399 e. The first-order valence-electron chi connectivity index (χ1n) is 9.14. The summed E-state index contributed by atoms with van der Waals surface area (Å²) in [5.74, 6) is -0.401. The summed E-state index contributed by atoms with van der Waals surface area (Å²) in [6, 6.07) is 15.9. The molecule has 0 aliphatic carbocycles. The van der Waals surface area contributed by atoms with Crippen LogP contribution in [0.1, 0.15) is 18.4 Å². The summed E-state index contributed by atoms with van der Waals surface area (Å²) in [6.45, 7) is 1.20. The molecule has 1 heterocycles. The van der Waals surface area contributed by atoms with Crippen LogP contribution in [0.25, 0.3) is 0 Å². The number of rotatable bonds is 6. The van der Waals surface area contributed by atoms with Crippen molar-refractivity contribution in [3.63, 3.8) is 0 Å². The zero-order valence-electron chi connectivity index (χ0n) is 15.6. The zero-order chi connectivity index (χ0) is 19.3. The number of nitrogens with one attached hydrogen (secondary N) is 1. The number of sulfonamides is 1. The Balaban J connectivity index is 0.00000280. The number of halogens is 1. The predicted molar refractivity (Wildman–Crippen MR) is 113 cm³/mol. The third kappa shape index (κ3) is 5.47. The molecule has 6 nitrogen and oxygen atoms in total. The van der Waals surface area contributed by atoms with Gasteiger partial charge in [-0.1, -0.05) is 30.3 Å². The van der Waals surface area contributed by atoms with Crippen molar-refractivity contribution >= 4 is 34.0 Å². The number of nitrogens with zero attached hydrogens (tertiary/aromatic N) is 1. The molecule has 1 saturated heterocycles. The van der Waals surface area contributed by atoms with Crippen LogP contribution in [-0.2, 0) is 21.2 Å². The lowest BCUT2D eigenvalue weighted by molar-refractivity contribution is -0.126. The van der Waals surface area contributed by atoms with Gasteiger partial charge in [0.25, 0.3) is 0 Å². The molecule has 1 aliphatic heterocycles. The van der Waals surface area contributed by atoms with Crippen LogP contribution in [0, 0.1) is 5.92 Å². The van der Waals surface area contributed by atoms with Gasteiger partial charge in [0, 0.05) is 25.3 Å². The van der Waals surface area contributed by atoms with E-state index in [0.29, 0.717) is 38.0 Å². The summed E-state index contributed by atoms with van der Waals surface area (Å²) in [7, 11) is -3.55. The monoisotopic (exact) mass is 423 g/mol. The van der Waals surface area contributed by atoms with Crippen molar-refractivity contribution in [2.45, 2.75) is 24.2 Å². The van der Waals surface area contributed by atoms with Gasteiger partial charge < -0.3 is 11.1 Å². The predicted octanol–water partition coefficient (Wildman–Crippen LogP) is 2.45. The van der Waals surface area contributed by atoms with Gasteiger partial charge in [0.1, 0.15) is 0 Å². The van der Waals surface area contributed by atoms with Crippen LogP contribution in [-0.4, -0.2) is 38.3 Å². The second-order valence-electron chi connectivity index (χ2n) is 6.80. The van der Waals surface area contributed by atoms with Crippen LogP contribution < -0.4 is 11.1 Å². The molecule has 1 aliphatic rings. The zero-order valence-corrected chi connectivity index (χ0v) is 17.2. The fourth-order valence-corrected chi connectivity index (χ4v) is 4.82. The number of piperidine rings is 1. The number of carbonyl (C=O) groups is 1. The molecule has 28 heavy (non-hydrogen) atoms. The van der Waals surface area contributed by atoms with E-state index in [1.54, 1.807) is 30.3 Å². The summed E-state index contributed by atoms with van der Waals surface area (Å²) < 4.78 is 27.0. The van der Waals surface area contributed by atoms with E-state index in [1.165, 1.54) is 4.31 Å². The second kappa shape index (κ2) is 9.91. The lowest BCUT2D eigenvalue weighted by atomic mass is 9.99. The number of nitrogen functional groups attached to an aromatic ring is 1. The Bertz CT molecular complexity index is 873. The molecule has 8 heteroatoms. The van der Waals surface area contributed by atoms with Gasteiger partial charge in [-0.25, -0.2) is 8.42 Å². The molecule has 2 aromatic rings. The first kappa shape index (κ1) is 22.2. The van der Waals surface area contributed by atoms with E-state index in [9.17, 15) is 13.2 Å². The molecule has 2 aromatic carbocycles. The summed E-state index contributed by atoms with van der Waals surface area (Å²) in [5, 5.41) is 2.94. The van der Waals surface area contributed by atoms with Crippen molar-refractivity contribution in [1.82, 2.24) is 9.62 Å². The summed E-state index contributed by atoms with van der Waals surface area (Å²) in [5.41, 5.74) is 7.48. The molecule has 1 amide bonds. The standard InChI is InChI=1S/C20H25N3O3S.ClH/c21-18-10-8-16(9-11-18)12-13-22-20(24)17-5-4-14-23(15-17)27(25,26)19-6-2-1-3-7-19;/h1-3,6-11,17H,4-5,12-15,21H2,(H,22,24);1H. The number of amides is 1. The van der Waals surface area contributed by atoms with E-state index in [1.807, 2.05) is 24.3 Å². The molecule has 0 bridgehead atoms. The molecule has 0 spiro atoms. The maximum absolute atomic E-state index is 12.8. The molecule has 0 saturated carbocycles. The van der Waals surface area contributed by atoms with Crippen LogP contribution in [0.3, 0.4) is 0 Å². The minimum absolute atomic E-state index is 0. The first-order valence-corrected chi connectivity index (χ1v) is 10.6. The van der Waals surface area contributed by atoms with Gasteiger partial charge in [0.05, 0.1) is 10.8 Å². The highest BCUT2D eigenvalue weighted by Gasteiger charge is 2.33. The van der Waals surface area contributed by atoms with E-state index in [0.717, 1.165) is 5.56 Å². The van der Waals surface area contributed by atoms with Gasteiger partial charge in [-0.05, 0) is 49.1 Å². The smallest absolute Gasteiger partial charge is 0.243 e. The average molecular weight is 424 g/mol. The molecular formula is C20H26ClN3O3S. The normalized spacial score (nSPS) is 17.5. The average Bonchev–Trinajstić information content (AvgIpc) is 2.70. The molecule has 152 valence electrons. The van der Waals surface area contributed by atoms with E-state index >= 15 is 0 Å². The molecule has 1 unspecified atom stereocenters. The van der Waals surface area contributed by atoms with Gasteiger partial charge in [-0.15, -0.1) is 12.4 Å². The fourth-order valence-electron chi connectivity index (χ4n) is 3.27. The topological polar surface area (TPSA) is 92.5 Å². The van der Waals surface area contributed by atoms with Crippen molar-refractivity contribution in [2.24, 2.45) is 5.92 Å². The first-order chi connectivity index (χ1) is 13.0. The van der Waals surface area contributed by atoms with E-state index < -0.39 is 10.0 Å². The largest absolute Gasteiger partial charge is 0.399 e. The summed E-state index contributed by atoms with van der Waals surface area (Å²) >= 11 is 0.